The molecule has 1 aliphatic rings. The van der Waals surface area contributed by atoms with E-state index in [9.17, 15) is 10.1 Å². The lowest BCUT2D eigenvalue weighted by Gasteiger charge is -2.17. The number of amides is 1. The van der Waals surface area contributed by atoms with Crippen molar-refractivity contribution in [3.63, 3.8) is 0 Å². The van der Waals surface area contributed by atoms with Crippen molar-refractivity contribution in [1.82, 2.24) is 4.57 Å². The third-order valence-corrected chi connectivity index (χ3v) is 6.69. The van der Waals surface area contributed by atoms with Crippen LogP contribution in [-0.2, 0) is 16.1 Å². The number of nitrogens with one attached hydrogen (secondary N) is 1. The van der Waals surface area contributed by atoms with Gasteiger partial charge in [-0.1, -0.05) is 30.3 Å². The minimum Gasteiger partial charge on any atom is -0.376 e. The molecule has 6 heteroatoms. The zero-order chi connectivity index (χ0) is 21.1. The molecule has 1 amide bonds. The average molecular weight is 420 g/mol. The first-order chi connectivity index (χ1) is 14.6. The van der Waals surface area contributed by atoms with Crippen LogP contribution in [0.25, 0.3) is 10.8 Å². The predicted molar refractivity (Wildman–Crippen MR) is 121 cm³/mol. The van der Waals surface area contributed by atoms with Crippen LogP contribution in [0.4, 0.5) is 5.82 Å². The second-order valence-electron chi connectivity index (χ2n) is 7.64. The van der Waals surface area contributed by atoms with E-state index in [-0.39, 0.29) is 17.8 Å². The van der Waals surface area contributed by atoms with Gasteiger partial charge in [0.05, 0.1) is 24.0 Å². The van der Waals surface area contributed by atoms with Crippen LogP contribution in [0.1, 0.15) is 29.7 Å². The van der Waals surface area contributed by atoms with Crippen LogP contribution >= 0.6 is 11.8 Å². The van der Waals surface area contributed by atoms with Gasteiger partial charge in [-0.3, -0.25) is 4.79 Å². The maximum atomic E-state index is 12.7. The number of rotatable bonds is 6. The summed E-state index contributed by atoms with van der Waals surface area (Å²) in [5, 5.41) is 15.0. The lowest BCUT2D eigenvalue weighted by atomic mass is 10.1. The third kappa shape index (κ3) is 4.23. The van der Waals surface area contributed by atoms with Gasteiger partial charge in [0, 0.05) is 17.2 Å². The van der Waals surface area contributed by atoms with Crippen molar-refractivity contribution >= 4 is 34.3 Å². The smallest absolute Gasteiger partial charge is 0.235 e. The van der Waals surface area contributed by atoms with Crippen molar-refractivity contribution in [3.05, 3.63) is 59.3 Å². The van der Waals surface area contributed by atoms with E-state index in [2.05, 4.69) is 35.7 Å². The fraction of sp³-hybridized carbons (Fsp3) is 0.333. The van der Waals surface area contributed by atoms with E-state index >= 15 is 0 Å². The number of thioether (sulfide) groups is 1. The van der Waals surface area contributed by atoms with Gasteiger partial charge >= 0.3 is 0 Å². The number of nitriles is 1. The molecule has 5 nitrogen and oxygen atoms in total. The summed E-state index contributed by atoms with van der Waals surface area (Å²) in [6, 6.07) is 16.7. The monoisotopic (exact) mass is 419 g/mol. The highest BCUT2D eigenvalue weighted by molar-refractivity contribution is 8.00. The van der Waals surface area contributed by atoms with Crippen molar-refractivity contribution in [2.75, 3.05) is 17.7 Å². The number of aromatic nitrogens is 1. The molecule has 1 unspecified atom stereocenters. The quantitative estimate of drug-likeness (QED) is 0.569. The molecule has 2 aromatic carbocycles. The summed E-state index contributed by atoms with van der Waals surface area (Å²) in [7, 11) is 0. The van der Waals surface area contributed by atoms with Crippen molar-refractivity contribution in [2.24, 2.45) is 0 Å². The number of carbonyl (C=O) groups is 1. The third-order valence-electron chi connectivity index (χ3n) is 5.70. The molecule has 30 heavy (non-hydrogen) atoms. The Hall–Kier alpha value is -2.75. The van der Waals surface area contributed by atoms with E-state index in [1.165, 1.54) is 17.1 Å². The second-order valence-corrected chi connectivity index (χ2v) is 8.69. The van der Waals surface area contributed by atoms with Crippen LogP contribution in [0.15, 0.2) is 47.4 Å². The zero-order valence-corrected chi connectivity index (χ0v) is 18.1. The van der Waals surface area contributed by atoms with Gasteiger partial charge in [-0.15, -0.1) is 11.8 Å². The van der Waals surface area contributed by atoms with Gasteiger partial charge < -0.3 is 14.6 Å². The normalized spacial score (nSPS) is 16.0. The molecule has 1 N–H and O–H groups in total. The Balaban J connectivity index is 1.48. The van der Waals surface area contributed by atoms with Crippen LogP contribution in [0.2, 0.25) is 0 Å². The minimum absolute atomic E-state index is 0.115. The molecule has 2 heterocycles. The topological polar surface area (TPSA) is 67.0 Å². The molecule has 0 bridgehead atoms. The zero-order valence-electron chi connectivity index (χ0n) is 17.3. The van der Waals surface area contributed by atoms with Crippen molar-refractivity contribution in [3.8, 4) is 6.07 Å². The van der Waals surface area contributed by atoms with Crippen LogP contribution < -0.4 is 5.32 Å². The summed E-state index contributed by atoms with van der Waals surface area (Å²) in [6.07, 6.45) is 2.19. The van der Waals surface area contributed by atoms with E-state index < -0.39 is 0 Å². The first-order valence-corrected chi connectivity index (χ1v) is 11.2. The summed E-state index contributed by atoms with van der Waals surface area (Å²) in [5.41, 5.74) is 2.45. The highest BCUT2D eigenvalue weighted by Gasteiger charge is 2.24. The lowest BCUT2D eigenvalue weighted by Crippen LogP contribution is -2.22. The van der Waals surface area contributed by atoms with E-state index in [1.54, 1.807) is 0 Å². The number of anilines is 1. The fourth-order valence-corrected chi connectivity index (χ4v) is 4.67. The largest absolute Gasteiger partial charge is 0.376 e. The molecule has 154 valence electrons. The summed E-state index contributed by atoms with van der Waals surface area (Å²) in [5.74, 6) is 0.759. The molecule has 0 spiro atoms. The molecule has 3 aromatic rings. The van der Waals surface area contributed by atoms with Crippen molar-refractivity contribution in [1.29, 1.82) is 5.26 Å². The van der Waals surface area contributed by atoms with E-state index in [4.69, 9.17) is 4.74 Å². The Morgan fingerprint density at radius 2 is 2.07 bits per heavy atom. The first kappa shape index (κ1) is 20.5. The van der Waals surface area contributed by atoms with Gasteiger partial charge in [-0.2, -0.15) is 5.26 Å². The minimum atomic E-state index is -0.115. The molecule has 0 saturated carbocycles. The molecule has 1 atom stereocenters. The number of fused-ring (bicyclic) bond motifs is 1. The Bertz CT molecular complexity index is 1120. The van der Waals surface area contributed by atoms with Crippen LogP contribution in [-0.4, -0.2) is 28.9 Å². The van der Waals surface area contributed by atoms with Crippen LogP contribution in [0.3, 0.4) is 0 Å². The molecule has 1 aromatic heterocycles. The number of hydrogen-bond acceptors (Lipinski definition) is 4. The highest BCUT2D eigenvalue weighted by Crippen LogP contribution is 2.29. The molecular formula is C24H25N3O2S. The summed E-state index contributed by atoms with van der Waals surface area (Å²) in [6.45, 7) is 5.35. The predicted octanol–water partition coefficient (Wildman–Crippen LogP) is 5.04. The molecule has 1 saturated heterocycles. The molecular weight excluding hydrogens is 394 g/mol. The Kier molecular flexibility index (Phi) is 6.12. The average Bonchev–Trinajstić information content (AvgIpc) is 3.35. The van der Waals surface area contributed by atoms with Gasteiger partial charge in [-0.05, 0) is 55.2 Å². The highest BCUT2D eigenvalue weighted by atomic mass is 32.2. The van der Waals surface area contributed by atoms with Gasteiger partial charge in [0.15, 0.2) is 0 Å². The molecule has 1 fully saturated rings. The van der Waals surface area contributed by atoms with Crippen molar-refractivity contribution in [2.45, 2.75) is 44.2 Å². The maximum Gasteiger partial charge on any atom is 0.235 e. The fourth-order valence-electron chi connectivity index (χ4n) is 3.92. The Morgan fingerprint density at radius 3 is 2.80 bits per heavy atom. The maximum absolute atomic E-state index is 12.7. The summed E-state index contributed by atoms with van der Waals surface area (Å²) in [4.78, 5) is 13.8. The van der Waals surface area contributed by atoms with Crippen LogP contribution in [0.5, 0.6) is 0 Å². The van der Waals surface area contributed by atoms with Crippen molar-refractivity contribution < 1.29 is 9.53 Å². The van der Waals surface area contributed by atoms with E-state index in [0.717, 1.165) is 41.0 Å². The Morgan fingerprint density at radius 1 is 1.27 bits per heavy atom. The molecule has 0 aliphatic carbocycles. The van der Waals surface area contributed by atoms with Crippen LogP contribution in [0, 0.1) is 25.2 Å². The number of hydrogen-bond donors (Lipinski definition) is 1. The molecule has 0 radical (unpaired) electrons. The molecule has 1 aliphatic heterocycles. The molecule has 4 rings (SSSR count). The van der Waals surface area contributed by atoms with Gasteiger partial charge in [0.1, 0.15) is 11.9 Å². The first-order valence-electron chi connectivity index (χ1n) is 10.2. The number of nitrogens with zero attached hydrogens (tertiary/aromatic N) is 2. The van der Waals surface area contributed by atoms with Gasteiger partial charge in [-0.25, -0.2) is 0 Å². The number of benzene rings is 2. The second kappa shape index (κ2) is 8.95. The SMILES string of the molecule is Cc1c(C#N)c(NC(=O)CSc2ccc3ccccc3c2)n(CC2CCCO2)c1C. The summed E-state index contributed by atoms with van der Waals surface area (Å²) < 4.78 is 7.80. The summed E-state index contributed by atoms with van der Waals surface area (Å²) >= 11 is 1.50. The number of carbonyl (C=O) groups excluding carboxylic acids is 1. The lowest BCUT2D eigenvalue weighted by molar-refractivity contribution is -0.113. The van der Waals surface area contributed by atoms with Gasteiger partial charge in [0.25, 0.3) is 0 Å². The van der Waals surface area contributed by atoms with E-state index in [1.807, 2.05) is 36.6 Å². The Labute approximate surface area is 181 Å². The van der Waals surface area contributed by atoms with E-state index in [0.29, 0.717) is 17.9 Å². The van der Waals surface area contributed by atoms with Gasteiger partial charge in [0.2, 0.25) is 5.91 Å². The standard InChI is InChI=1S/C24H25N3O2S/c1-16-17(2)27(14-20-8-5-11-29-20)24(22(16)13-25)26-23(28)15-30-21-10-9-18-6-3-4-7-19(18)12-21/h3-4,6-7,9-10,12,20H,5,8,11,14-15H2,1-2H3,(H,26,28). The number of ether oxygens (including phenoxy) is 1.